The van der Waals surface area contributed by atoms with Crippen LogP contribution in [0.3, 0.4) is 0 Å². The number of hydrogen-bond acceptors (Lipinski definition) is 5. The van der Waals surface area contributed by atoms with Crippen molar-refractivity contribution < 1.29 is 27.9 Å². The number of ketones is 1. The Morgan fingerprint density at radius 3 is 2.31 bits per heavy atom. The molecule has 6 nitrogen and oxygen atoms in total. The van der Waals surface area contributed by atoms with Crippen molar-refractivity contribution in [2.75, 3.05) is 0 Å². The van der Waals surface area contributed by atoms with Crippen LogP contribution in [0.25, 0.3) is 5.65 Å². The number of nitrogens with zero attached hydrogens (tertiary/aromatic N) is 2. The number of aryl methyl sites for hydroxylation is 2. The summed E-state index contributed by atoms with van der Waals surface area (Å²) in [6, 6.07) is 15.3. The summed E-state index contributed by atoms with van der Waals surface area (Å²) in [5, 5.41) is 0. The van der Waals surface area contributed by atoms with Crippen molar-refractivity contribution >= 4 is 17.6 Å². The Morgan fingerprint density at radius 2 is 1.67 bits per heavy atom. The monoisotopic (exact) mass is 492 g/mol. The van der Waals surface area contributed by atoms with Crippen molar-refractivity contribution in [1.29, 1.82) is 0 Å². The summed E-state index contributed by atoms with van der Waals surface area (Å²) in [5.74, 6) is -1.03. The number of fused-ring (bicyclic) bond motifs is 1. The van der Waals surface area contributed by atoms with Gasteiger partial charge in [-0.1, -0.05) is 49.7 Å². The number of benzene rings is 2. The molecule has 2 aromatic heterocycles. The second-order valence-corrected chi connectivity index (χ2v) is 9.04. The lowest BCUT2D eigenvalue weighted by molar-refractivity contribution is -0.191. The van der Waals surface area contributed by atoms with Gasteiger partial charge >= 0.3 is 6.15 Å². The molecule has 0 saturated carbocycles. The summed E-state index contributed by atoms with van der Waals surface area (Å²) in [5.41, 5.74) is 3.21. The summed E-state index contributed by atoms with van der Waals surface area (Å²) in [6.07, 6.45) is 2.30. The van der Waals surface area contributed by atoms with Crippen LogP contribution in [-0.2, 0) is 21.6 Å². The molecule has 4 rings (SSSR count). The number of pyridine rings is 1. The molecule has 4 aromatic rings. The van der Waals surface area contributed by atoms with Crippen LogP contribution in [0.15, 0.2) is 60.8 Å². The van der Waals surface area contributed by atoms with Crippen LogP contribution in [-0.4, -0.2) is 21.3 Å². The lowest BCUT2D eigenvalue weighted by Crippen LogP contribution is -2.23. The van der Waals surface area contributed by atoms with Crippen LogP contribution in [0.2, 0.25) is 0 Å². The first-order valence-corrected chi connectivity index (χ1v) is 11.2. The highest BCUT2D eigenvalue weighted by atomic mass is 19.1. The number of aromatic nitrogens is 2. The van der Waals surface area contributed by atoms with Crippen molar-refractivity contribution in [2.24, 2.45) is 0 Å². The molecule has 0 aliphatic rings. The van der Waals surface area contributed by atoms with E-state index < -0.39 is 11.6 Å². The lowest BCUT2D eigenvalue weighted by Gasteiger charge is -2.25. The van der Waals surface area contributed by atoms with Crippen molar-refractivity contribution in [2.45, 2.75) is 46.1 Å². The Morgan fingerprint density at radius 1 is 1.03 bits per heavy atom. The van der Waals surface area contributed by atoms with Gasteiger partial charge in [-0.3, -0.25) is 9.20 Å². The number of ether oxygens (including phenoxy) is 1. The predicted molar refractivity (Wildman–Crippen MR) is 129 cm³/mol. The molecular formula is C28H26F2N2O4. The van der Waals surface area contributed by atoms with E-state index in [1.807, 2.05) is 25.1 Å². The van der Waals surface area contributed by atoms with Gasteiger partial charge in [0.1, 0.15) is 23.9 Å². The molecule has 0 aliphatic heterocycles. The van der Waals surface area contributed by atoms with Crippen LogP contribution in [0, 0.1) is 25.5 Å². The molecule has 0 N–H and O–H groups in total. The fourth-order valence-corrected chi connectivity index (χ4v) is 4.08. The van der Waals surface area contributed by atoms with Crippen LogP contribution in [0.4, 0.5) is 8.78 Å². The van der Waals surface area contributed by atoms with E-state index in [9.17, 15) is 13.6 Å². The smallest absolute Gasteiger partial charge is 0.373 e. The van der Waals surface area contributed by atoms with Gasteiger partial charge in [-0.05, 0) is 49.1 Å². The molecule has 0 spiro atoms. The molecule has 2 heterocycles. The second kappa shape index (κ2) is 11.1. The Hall–Kier alpha value is -4.16. The Labute approximate surface area is 207 Å². The van der Waals surface area contributed by atoms with E-state index in [2.05, 4.69) is 24.9 Å². The van der Waals surface area contributed by atoms with Gasteiger partial charge in [0.05, 0.1) is 11.3 Å². The standard InChI is InChI=1S/C27H26F2N2O2.CO2/c1-17-8-5-9-19(14-17)27(3,4)15-23(32)25-18(2)30-26-24(12-7-13-31(25)26)33-16-20-21(28)10-6-11-22(20)29;2-1-3/h5-14H,15-16H2,1-4H3;. The summed E-state index contributed by atoms with van der Waals surface area (Å²) < 4.78 is 35.4. The summed E-state index contributed by atoms with van der Waals surface area (Å²) in [4.78, 5) is 34.2. The van der Waals surface area contributed by atoms with Crippen LogP contribution in [0.5, 0.6) is 5.75 Å². The van der Waals surface area contributed by atoms with Crippen molar-refractivity contribution in [3.8, 4) is 5.75 Å². The zero-order chi connectivity index (χ0) is 26.5. The fraction of sp³-hybridized carbons (Fsp3) is 0.250. The number of imidazole rings is 1. The van der Waals surface area contributed by atoms with E-state index in [0.29, 0.717) is 29.2 Å². The quantitative estimate of drug-likeness (QED) is 0.306. The van der Waals surface area contributed by atoms with Crippen molar-refractivity contribution in [1.82, 2.24) is 9.38 Å². The third kappa shape index (κ3) is 5.73. The van der Waals surface area contributed by atoms with E-state index >= 15 is 0 Å². The molecule has 186 valence electrons. The zero-order valence-electron chi connectivity index (χ0n) is 20.5. The molecule has 0 amide bonds. The first-order chi connectivity index (χ1) is 17.1. The van der Waals surface area contributed by atoms with E-state index in [4.69, 9.17) is 14.3 Å². The minimum absolute atomic E-state index is 0.0381. The molecule has 8 heteroatoms. The second-order valence-electron chi connectivity index (χ2n) is 9.04. The van der Waals surface area contributed by atoms with E-state index in [1.54, 1.807) is 29.7 Å². The number of carbonyl (C=O) groups excluding carboxylic acids is 3. The van der Waals surface area contributed by atoms with Crippen LogP contribution < -0.4 is 4.74 Å². The molecule has 0 bridgehead atoms. The first-order valence-electron chi connectivity index (χ1n) is 11.2. The van der Waals surface area contributed by atoms with Gasteiger partial charge in [-0.15, -0.1) is 0 Å². The number of rotatable bonds is 7. The lowest BCUT2D eigenvalue weighted by atomic mass is 9.79. The Balaban J connectivity index is 0.00000115. The Bertz CT molecular complexity index is 1420. The van der Waals surface area contributed by atoms with Gasteiger partial charge in [0, 0.05) is 12.6 Å². The predicted octanol–water partition coefficient (Wildman–Crippen LogP) is 5.78. The largest absolute Gasteiger partial charge is 0.485 e. The molecule has 0 fully saturated rings. The van der Waals surface area contributed by atoms with Gasteiger partial charge in [0.15, 0.2) is 17.2 Å². The topological polar surface area (TPSA) is 77.7 Å². The first kappa shape index (κ1) is 26.4. The maximum atomic E-state index is 14.0. The molecule has 0 radical (unpaired) electrons. The molecule has 2 aromatic carbocycles. The average molecular weight is 493 g/mol. The maximum Gasteiger partial charge on any atom is 0.373 e. The Kier molecular flexibility index (Phi) is 8.12. The zero-order valence-corrected chi connectivity index (χ0v) is 20.5. The molecule has 0 aliphatic carbocycles. The van der Waals surface area contributed by atoms with Gasteiger partial charge in [-0.2, -0.15) is 9.59 Å². The van der Waals surface area contributed by atoms with E-state index in [1.165, 1.54) is 18.2 Å². The van der Waals surface area contributed by atoms with Crippen LogP contribution >= 0.6 is 0 Å². The van der Waals surface area contributed by atoms with Crippen LogP contribution in [0.1, 0.15) is 53.1 Å². The van der Waals surface area contributed by atoms with Gasteiger partial charge in [0.2, 0.25) is 0 Å². The number of Topliss-reactive ketones (excluding diaryl/α,β-unsaturated/α-hetero) is 1. The summed E-state index contributed by atoms with van der Waals surface area (Å²) >= 11 is 0. The van der Waals surface area contributed by atoms with Crippen molar-refractivity contribution in [3.63, 3.8) is 0 Å². The average Bonchev–Trinajstić information content (AvgIpc) is 3.15. The highest BCUT2D eigenvalue weighted by molar-refractivity contribution is 5.97. The van der Waals surface area contributed by atoms with Gasteiger partial charge in [-0.25, -0.2) is 13.8 Å². The van der Waals surface area contributed by atoms with Gasteiger partial charge < -0.3 is 4.74 Å². The normalized spacial score (nSPS) is 10.9. The van der Waals surface area contributed by atoms with Gasteiger partial charge in [0.25, 0.3) is 0 Å². The molecule has 0 saturated heterocycles. The molecule has 0 unspecified atom stereocenters. The SMILES string of the molecule is Cc1cccc(C(C)(C)CC(=O)c2c(C)nc3c(OCc4c(F)cccc4F)cccn23)c1.O=C=O. The number of carbonyl (C=O) groups is 1. The molecule has 36 heavy (non-hydrogen) atoms. The van der Waals surface area contributed by atoms with E-state index in [-0.39, 0.29) is 29.5 Å². The van der Waals surface area contributed by atoms with Crippen molar-refractivity contribution in [3.05, 3.63) is 101 Å². The minimum atomic E-state index is -0.671. The number of halogens is 2. The highest BCUT2D eigenvalue weighted by Crippen LogP contribution is 2.31. The summed E-state index contributed by atoms with van der Waals surface area (Å²) in [6.45, 7) is 7.63. The molecular weight excluding hydrogens is 466 g/mol. The highest BCUT2D eigenvalue weighted by Gasteiger charge is 2.28. The third-order valence-electron chi connectivity index (χ3n) is 5.89. The fourth-order valence-electron chi connectivity index (χ4n) is 4.08. The maximum absolute atomic E-state index is 14.0. The summed E-state index contributed by atoms with van der Waals surface area (Å²) in [7, 11) is 0. The number of hydrogen-bond donors (Lipinski definition) is 0. The molecule has 0 atom stereocenters. The minimum Gasteiger partial charge on any atom is -0.485 e. The third-order valence-corrected chi connectivity index (χ3v) is 5.89. The van der Waals surface area contributed by atoms with E-state index in [0.717, 1.165) is 11.1 Å².